The monoisotopic (exact) mass is 460 g/mol. The van der Waals surface area contributed by atoms with Crippen LogP contribution < -0.4 is 0 Å². The van der Waals surface area contributed by atoms with Crippen LogP contribution in [-0.4, -0.2) is 66.0 Å². The highest BCUT2D eigenvalue weighted by Crippen LogP contribution is 2.40. The number of carbonyl (C=O) groups is 2. The van der Waals surface area contributed by atoms with Crippen molar-refractivity contribution >= 4 is 40.7 Å². The van der Waals surface area contributed by atoms with Crippen LogP contribution in [-0.2, 0) is 14.3 Å². The molecular formula is C23H22Cl2N2O4. The Morgan fingerprint density at radius 1 is 1.00 bits per heavy atom. The lowest BCUT2D eigenvalue weighted by Crippen LogP contribution is -2.42. The SMILES string of the molecule is O=C1C(=O)N(CCN2CCOCC2)[C@@H](c2ccc(Cl)c(Cl)c2)C1=C(O)c1ccccc1. The van der Waals surface area contributed by atoms with Gasteiger partial charge in [-0.2, -0.15) is 0 Å². The molecule has 1 amide bonds. The van der Waals surface area contributed by atoms with Crippen molar-refractivity contribution in [3.63, 3.8) is 0 Å². The summed E-state index contributed by atoms with van der Waals surface area (Å²) in [5, 5.41) is 11.7. The van der Waals surface area contributed by atoms with Crippen molar-refractivity contribution in [2.24, 2.45) is 0 Å². The largest absolute Gasteiger partial charge is 0.507 e. The molecule has 8 heteroatoms. The van der Waals surface area contributed by atoms with E-state index in [-0.39, 0.29) is 11.3 Å². The summed E-state index contributed by atoms with van der Waals surface area (Å²) in [4.78, 5) is 29.7. The van der Waals surface area contributed by atoms with Crippen LogP contribution in [0.4, 0.5) is 0 Å². The second-order valence-corrected chi connectivity index (χ2v) is 8.30. The number of aliphatic hydroxyl groups excluding tert-OH is 1. The highest BCUT2D eigenvalue weighted by molar-refractivity contribution is 6.46. The first-order chi connectivity index (χ1) is 15.0. The van der Waals surface area contributed by atoms with Gasteiger partial charge in [-0.15, -0.1) is 0 Å². The minimum atomic E-state index is -0.754. The number of ketones is 1. The molecule has 0 spiro atoms. The van der Waals surface area contributed by atoms with E-state index in [0.29, 0.717) is 47.5 Å². The van der Waals surface area contributed by atoms with Crippen LogP contribution in [0.3, 0.4) is 0 Å². The number of amides is 1. The summed E-state index contributed by atoms with van der Waals surface area (Å²) < 4.78 is 5.38. The molecule has 0 bridgehead atoms. The van der Waals surface area contributed by atoms with E-state index in [1.165, 1.54) is 4.90 Å². The van der Waals surface area contributed by atoms with Crippen LogP contribution in [0.25, 0.3) is 5.76 Å². The predicted molar refractivity (Wildman–Crippen MR) is 119 cm³/mol. The van der Waals surface area contributed by atoms with Crippen LogP contribution in [0.15, 0.2) is 54.1 Å². The first-order valence-corrected chi connectivity index (χ1v) is 10.8. The molecule has 4 rings (SSSR count). The van der Waals surface area contributed by atoms with Crippen LogP contribution in [0.5, 0.6) is 0 Å². The number of ether oxygens (including phenoxy) is 1. The lowest BCUT2D eigenvalue weighted by Gasteiger charge is -2.31. The Kier molecular flexibility index (Phi) is 6.62. The Morgan fingerprint density at radius 3 is 2.39 bits per heavy atom. The van der Waals surface area contributed by atoms with Gasteiger partial charge in [0.2, 0.25) is 0 Å². The molecular weight excluding hydrogens is 439 g/mol. The highest BCUT2D eigenvalue weighted by atomic mass is 35.5. The molecule has 0 aliphatic carbocycles. The average Bonchev–Trinajstić information content (AvgIpc) is 3.05. The maximum absolute atomic E-state index is 13.0. The fraction of sp³-hybridized carbons (Fsp3) is 0.304. The number of hydrogen-bond acceptors (Lipinski definition) is 5. The molecule has 2 aromatic rings. The number of benzene rings is 2. The van der Waals surface area contributed by atoms with Gasteiger partial charge in [-0.05, 0) is 17.7 Å². The minimum Gasteiger partial charge on any atom is -0.507 e. The van der Waals surface area contributed by atoms with E-state index < -0.39 is 17.7 Å². The van der Waals surface area contributed by atoms with Gasteiger partial charge in [0.05, 0.1) is 34.9 Å². The summed E-state index contributed by atoms with van der Waals surface area (Å²) in [7, 11) is 0. The van der Waals surface area contributed by atoms with Gasteiger partial charge < -0.3 is 14.7 Å². The number of aliphatic hydroxyl groups is 1. The summed E-state index contributed by atoms with van der Waals surface area (Å²) in [5.74, 6) is -1.55. The number of nitrogens with zero attached hydrogens (tertiary/aromatic N) is 2. The van der Waals surface area contributed by atoms with E-state index in [1.54, 1.807) is 42.5 Å². The molecule has 6 nitrogen and oxygen atoms in total. The lowest BCUT2D eigenvalue weighted by molar-refractivity contribution is -0.140. The van der Waals surface area contributed by atoms with E-state index in [2.05, 4.69) is 4.90 Å². The number of carbonyl (C=O) groups excluding carboxylic acids is 2. The number of rotatable bonds is 5. The summed E-state index contributed by atoms with van der Waals surface area (Å²) in [6.07, 6.45) is 0. The maximum atomic E-state index is 13.0. The van der Waals surface area contributed by atoms with Crippen molar-refractivity contribution in [3.05, 3.63) is 75.3 Å². The molecule has 0 saturated carbocycles. The summed E-state index contributed by atoms with van der Waals surface area (Å²) >= 11 is 12.3. The molecule has 162 valence electrons. The van der Waals surface area contributed by atoms with Crippen LogP contribution >= 0.6 is 23.2 Å². The maximum Gasteiger partial charge on any atom is 0.295 e. The second kappa shape index (κ2) is 9.40. The Bertz CT molecular complexity index is 1020. The zero-order chi connectivity index (χ0) is 22.0. The molecule has 1 atom stereocenters. The molecule has 0 unspecified atom stereocenters. The Labute approximate surface area is 190 Å². The first kappa shape index (κ1) is 21.8. The first-order valence-electron chi connectivity index (χ1n) is 10.1. The second-order valence-electron chi connectivity index (χ2n) is 7.49. The minimum absolute atomic E-state index is 0.0524. The smallest absolute Gasteiger partial charge is 0.295 e. The quantitative estimate of drug-likeness (QED) is 0.418. The number of hydrogen-bond donors (Lipinski definition) is 1. The van der Waals surface area contributed by atoms with E-state index in [4.69, 9.17) is 27.9 Å². The van der Waals surface area contributed by atoms with Gasteiger partial charge >= 0.3 is 0 Å². The molecule has 2 aliphatic rings. The van der Waals surface area contributed by atoms with Gasteiger partial charge in [0.1, 0.15) is 5.76 Å². The van der Waals surface area contributed by atoms with E-state index in [9.17, 15) is 14.7 Å². The highest BCUT2D eigenvalue weighted by Gasteiger charge is 2.46. The molecule has 2 fully saturated rings. The number of likely N-dealkylation sites (tertiary alicyclic amines) is 1. The van der Waals surface area contributed by atoms with E-state index in [0.717, 1.165) is 13.1 Å². The van der Waals surface area contributed by atoms with Crippen molar-refractivity contribution in [1.82, 2.24) is 9.80 Å². The fourth-order valence-corrected chi connectivity index (χ4v) is 4.27. The van der Waals surface area contributed by atoms with Gasteiger partial charge in [0, 0.05) is 31.7 Å². The third-order valence-corrected chi connectivity index (χ3v) is 6.35. The van der Waals surface area contributed by atoms with Gasteiger partial charge in [-0.3, -0.25) is 14.5 Å². The van der Waals surface area contributed by atoms with Crippen molar-refractivity contribution in [3.8, 4) is 0 Å². The van der Waals surface area contributed by atoms with Crippen molar-refractivity contribution in [1.29, 1.82) is 0 Å². The van der Waals surface area contributed by atoms with Crippen molar-refractivity contribution in [2.75, 3.05) is 39.4 Å². The average molecular weight is 461 g/mol. The summed E-state index contributed by atoms with van der Waals surface area (Å²) in [5.41, 5.74) is 1.14. The number of morpholine rings is 1. The van der Waals surface area contributed by atoms with Crippen molar-refractivity contribution < 1.29 is 19.4 Å². The Morgan fingerprint density at radius 2 is 1.71 bits per heavy atom. The lowest BCUT2D eigenvalue weighted by atomic mass is 9.95. The molecule has 0 radical (unpaired) electrons. The van der Waals surface area contributed by atoms with E-state index in [1.807, 2.05) is 6.07 Å². The molecule has 31 heavy (non-hydrogen) atoms. The molecule has 2 heterocycles. The molecule has 2 aliphatic heterocycles. The molecule has 0 aromatic heterocycles. The number of Topliss-reactive ketones (excluding diaryl/α,β-unsaturated/α-hetero) is 1. The molecule has 2 aromatic carbocycles. The molecule has 1 N–H and O–H groups in total. The van der Waals surface area contributed by atoms with Gasteiger partial charge in [-0.25, -0.2) is 0 Å². The van der Waals surface area contributed by atoms with E-state index >= 15 is 0 Å². The zero-order valence-corrected chi connectivity index (χ0v) is 18.3. The molecule has 2 saturated heterocycles. The van der Waals surface area contributed by atoms with Crippen molar-refractivity contribution in [2.45, 2.75) is 6.04 Å². The number of halogens is 2. The van der Waals surface area contributed by atoms with Gasteiger partial charge in [-0.1, -0.05) is 59.6 Å². The topological polar surface area (TPSA) is 70.1 Å². The van der Waals surface area contributed by atoms with Crippen LogP contribution in [0.2, 0.25) is 10.0 Å². The predicted octanol–water partition coefficient (Wildman–Crippen LogP) is 3.75. The summed E-state index contributed by atoms with van der Waals surface area (Å²) in [6, 6.07) is 13.0. The van der Waals surface area contributed by atoms with Crippen LogP contribution in [0.1, 0.15) is 17.2 Å². The normalized spacial score (nSPS) is 21.6. The third-order valence-electron chi connectivity index (χ3n) is 5.61. The third kappa shape index (κ3) is 4.48. The fourth-order valence-electron chi connectivity index (χ4n) is 3.97. The zero-order valence-electron chi connectivity index (χ0n) is 16.8. The summed E-state index contributed by atoms with van der Waals surface area (Å²) in [6.45, 7) is 3.75. The van der Waals surface area contributed by atoms with Gasteiger partial charge in [0.25, 0.3) is 11.7 Å². The Balaban J connectivity index is 1.75. The Hall–Kier alpha value is -2.38. The van der Waals surface area contributed by atoms with Gasteiger partial charge in [0.15, 0.2) is 0 Å². The van der Waals surface area contributed by atoms with Crippen LogP contribution in [0, 0.1) is 0 Å². The standard InChI is InChI=1S/C23H22Cl2N2O4/c24-17-7-6-16(14-18(17)25)20-19(21(28)15-4-2-1-3-5-15)22(29)23(30)27(20)9-8-26-10-12-31-13-11-26/h1-7,14,20,28H,8-13H2/t20-/m0/s1.